The van der Waals surface area contributed by atoms with Crippen LogP contribution in [0.1, 0.15) is 24.1 Å². The van der Waals surface area contributed by atoms with Crippen LogP contribution in [0.25, 0.3) is 0 Å². The van der Waals surface area contributed by atoms with Crippen LogP contribution in [0, 0.1) is 6.92 Å². The summed E-state index contributed by atoms with van der Waals surface area (Å²) in [5, 5.41) is 10.9. The topological polar surface area (TPSA) is 45.6 Å². The Morgan fingerprint density at radius 2 is 2.06 bits per heavy atom. The summed E-state index contributed by atoms with van der Waals surface area (Å²) in [5.41, 5.74) is 1.17. The summed E-state index contributed by atoms with van der Waals surface area (Å²) in [7, 11) is 2.13. The lowest BCUT2D eigenvalue weighted by molar-refractivity contribution is -0.139. The highest BCUT2D eigenvalue weighted by atomic mass is 16.5. The molecule has 3 rings (SSSR count). The predicted octanol–water partition coefficient (Wildman–Crippen LogP) is 1.07. The number of rotatable bonds is 1. The third-order valence-electron chi connectivity index (χ3n) is 4.31. The number of ether oxygens (including phenoxy) is 1. The van der Waals surface area contributed by atoms with E-state index in [9.17, 15) is 5.11 Å². The Bertz CT molecular complexity index is 435. The number of hydrogen-bond donors (Lipinski definition) is 1. The van der Waals surface area contributed by atoms with Gasteiger partial charge < -0.3 is 9.84 Å². The van der Waals surface area contributed by atoms with E-state index in [1.165, 1.54) is 0 Å². The van der Waals surface area contributed by atoms with Gasteiger partial charge in [-0.25, -0.2) is 0 Å². The van der Waals surface area contributed by atoms with Gasteiger partial charge in [0.1, 0.15) is 5.60 Å². The molecule has 4 nitrogen and oxygen atoms in total. The summed E-state index contributed by atoms with van der Waals surface area (Å²) < 4.78 is 5.59. The number of aliphatic hydroxyl groups is 1. The minimum atomic E-state index is -0.794. The molecule has 2 atom stereocenters. The number of aryl methyl sites for hydroxylation is 1. The molecule has 1 aromatic rings. The number of hydrogen-bond acceptors (Lipinski definition) is 4. The first kappa shape index (κ1) is 12.1. The molecule has 2 aliphatic heterocycles. The van der Waals surface area contributed by atoms with Crippen LogP contribution >= 0.6 is 0 Å². The number of fused-ring (bicyclic) bond motifs is 2. The zero-order valence-corrected chi connectivity index (χ0v) is 11.0. The lowest BCUT2D eigenvalue weighted by atomic mass is 9.79. The standard InChI is InChI=1S/C14H20N2O2/c1-10-3-4-15-13(5-10)14(17)6-11-8-18-9-12(7-14)16(11)2/h3-5,11-12,17H,6-9H2,1-2H3. The molecular formula is C14H20N2O2. The number of aromatic nitrogens is 1. The Morgan fingerprint density at radius 1 is 1.39 bits per heavy atom. The average Bonchev–Trinajstić information content (AvgIpc) is 2.31. The van der Waals surface area contributed by atoms with Crippen LogP contribution in [0.2, 0.25) is 0 Å². The minimum absolute atomic E-state index is 0.296. The van der Waals surface area contributed by atoms with Crippen LogP contribution in [0.5, 0.6) is 0 Å². The van der Waals surface area contributed by atoms with E-state index in [1.807, 2.05) is 19.1 Å². The van der Waals surface area contributed by atoms with Crippen molar-refractivity contribution in [3.8, 4) is 0 Å². The number of nitrogens with zero attached hydrogens (tertiary/aromatic N) is 2. The van der Waals surface area contributed by atoms with Crippen LogP contribution in [0.3, 0.4) is 0 Å². The first-order valence-electron chi connectivity index (χ1n) is 6.54. The van der Waals surface area contributed by atoms with Gasteiger partial charge in [0, 0.05) is 18.3 Å². The highest BCUT2D eigenvalue weighted by Crippen LogP contribution is 2.39. The van der Waals surface area contributed by atoms with Crippen molar-refractivity contribution in [3.63, 3.8) is 0 Å². The van der Waals surface area contributed by atoms with Crippen molar-refractivity contribution in [2.24, 2.45) is 0 Å². The normalized spacial score (nSPS) is 36.6. The van der Waals surface area contributed by atoms with E-state index >= 15 is 0 Å². The van der Waals surface area contributed by atoms with Gasteiger partial charge in [-0.15, -0.1) is 0 Å². The zero-order chi connectivity index (χ0) is 12.8. The molecule has 0 saturated carbocycles. The van der Waals surface area contributed by atoms with Gasteiger partial charge in [0.15, 0.2) is 0 Å². The lowest BCUT2D eigenvalue weighted by Gasteiger charge is -2.49. The fourth-order valence-electron chi connectivity index (χ4n) is 3.14. The lowest BCUT2D eigenvalue weighted by Crippen LogP contribution is -2.59. The summed E-state index contributed by atoms with van der Waals surface area (Å²) >= 11 is 0. The summed E-state index contributed by atoms with van der Waals surface area (Å²) in [6.07, 6.45) is 3.19. The average molecular weight is 248 g/mol. The Kier molecular flexibility index (Phi) is 2.88. The maximum Gasteiger partial charge on any atom is 0.110 e. The van der Waals surface area contributed by atoms with Crippen molar-refractivity contribution in [3.05, 3.63) is 29.6 Å². The third-order valence-corrected chi connectivity index (χ3v) is 4.31. The summed E-state index contributed by atoms with van der Waals surface area (Å²) in [6, 6.07) is 4.56. The van der Waals surface area contributed by atoms with Gasteiger partial charge >= 0.3 is 0 Å². The Balaban J connectivity index is 1.92. The number of pyridine rings is 1. The van der Waals surface area contributed by atoms with Gasteiger partial charge in [-0.3, -0.25) is 9.88 Å². The van der Waals surface area contributed by atoms with Crippen LogP contribution in [-0.2, 0) is 10.3 Å². The molecule has 2 unspecified atom stereocenters. The van der Waals surface area contributed by atoms with Gasteiger partial charge in [0.2, 0.25) is 0 Å². The first-order chi connectivity index (χ1) is 8.58. The summed E-state index contributed by atoms with van der Waals surface area (Å²) in [6.45, 7) is 3.45. The van der Waals surface area contributed by atoms with Crippen molar-refractivity contribution in [1.82, 2.24) is 9.88 Å². The predicted molar refractivity (Wildman–Crippen MR) is 68.3 cm³/mol. The number of likely N-dealkylation sites (N-methyl/N-ethyl adjacent to an activating group) is 1. The van der Waals surface area contributed by atoms with Crippen molar-refractivity contribution in [2.75, 3.05) is 20.3 Å². The molecule has 0 aromatic carbocycles. The molecule has 2 fully saturated rings. The summed E-state index contributed by atoms with van der Waals surface area (Å²) in [4.78, 5) is 6.72. The smallest absolute Gasteiger partial charge is 0.110 e. The molecule has 0 aliphatic carbocycles. The van der Waals surface area contributed by atoms with Gasteiger partial charge in [0.05, 0.1) is 18.9 Å². The molecule has 2 aliphatic rings. The second kappa shape index (κ2) is 4.30. The highest BCUT2D eigenvalue weighted by molar-refractivity contribution is 5.22. The van der Waals surface area contributed by atoms with E-state index in [-0.39, 0.29) is 0 Å². The second-order valence-corrected chi connectivity index (χ2v) is 5.67. The Hall–Kier alpha value is -0.970. The second-order valence-electron chi connectivity index (χ2n) is 5.67. The molecule has 2 saturated heterocycles. The van der Waals surface area contributed by atoms with Crippen LogP contribution < -0.4 is 0 Å². The zero-order valence-electron chi connectivity index (χ0n) is 11.0. The molecular weight excluding hydrogens is 228 g/mol. The molecule has 4 heteroatoms. The Morgan fingerprint density at radius 3 is 2.67 bits per heavy atom. The van der Waals surface area contributed by atoms with Crippen molar-refractivity contribution >= 4 is 0 Å². The molecule has 0 spiro atoms. The van der Waals surface area contributed by atoms with Crippen molar-refractivity contribution in [2.45, 2.75) is 37.5 Å². The maximum atomic E-state index is 10.9. The van der Waals surface area contributed by atoms with Crippen LogP contribution in [0.15, 0.2) is 18.3 Å². The van der Waals surface area contributed by atoms with Crippen LogP contribution in [0.4, 0.5) is 0 Å². The van der Waals surface area contributed by atoms with E-state index in [1.54, 1.807) is 6.20 Å². The first-order valence-corrected chi connectivity index (χ1v) is 6.54. The molecule has 0 radical (unpaired) electrons. The Labute approximate surface area is 108 Å². The molecule has 1 N–H and O–H groups in total. The van der Waals surface area contributed by atoms with Gasteiger partial charge in [-0.2, -0.15) is 0 Å². The van der Waals surface area contributed by atoms with E-state index in [0.29, 0.717) is 38.1 Å². The van der Waals surface area contributed by atoms with E-state index < -0.39 is 5.60 Å². The van der Waals surface area contributed by atoms with Gasteiger partial charge in [-0.05, 0) is 44.5 Å². The molecule has 98 valence electrons. The highest BCUT2D eigenvalue weighted by Gasteiger charge is 2.46. The third kappa shape index (κ3) is 1.94. The molecule has 2 bridgehead atoms. The maximum absolute atomic E-state index is 10.9. The van der Waals surface area contributed by atoms with E-state index in [2.05, 4.69) is 16.9 Å². The van der Waals surface area contributed by atoms with Gasteiger partial charge in [0.25, 0.3) is 0 Å². The monoisotopic (exact) mass is 248 g/mol. The number of piperidine rings is 1. The van der Waals surface area contributed by atoms with Crippen LogP contribution in [-0.4, -0.2) is 47.3 Å². The quantitative estimate of drug-likeness (QED) is 0.807. The fourth-order valence-corrected chi connectivity index (χ4v) is 3.14. The fraction of sp³-hybridized carbons (Fsp3) is 0.643. The minimum Gasteiger partial charge on any atom is -0.383 e. The van der Waals surface area contributed by atoms with Crippen molar-refractivity contribution in [1.29, 1.82) is 0 Å². The SMILES string of the molecule is Cc1ccnc(C2(O)CC3COCC(C2)N3C)c1. The largest absolute Gasteiger partial charge is 0.383 e. The number of morpholine rings is 1. The van der Waals surface area contributed by atoms with Gasteiger partial charge in [-0.1, -0.05) is 0 Å². The summed E-state index contributed by atoms with van der Waals surface area (Å²) in [5.74, 6) is 0. The molecule has 18 heavy (non-hydrogen) atoms. The molecule has 0 amide bonds. The van der Waals surface area contributed by atoms with Crippen molar-refractivity contribution < 1.29 is 9.84 Å². The molecule has 1 aromatic heterocycles. The molecule has 3 heterocycles. The van der Waals surface area contributed by atoms with E-state index in [4.69, 9.17) is 4.74 Å². The van der Waals surface area contributed by atoms with E-state index in [0.717, 1.165) is 11.3 Å².